The maximum Gasteiger partial charge on any atom is 0.313 e. The van der Waals surface area contributed by atoms with Crippen molar-refractivity contribution in [2.45, 2.75) is 13.3 Å². The van der Waals surface area contributed by atoms with Gasteiger partial charge in [-0.3, -0.25) is 9.59 Å². The Labute approximate surface area is 112 Å². The first-order valence-electron chi connectivity index (χ1n) is 5.28. The lowest BCUT2D eigenvalue weighted by atomic mass is 10.3. The summed E-state index contributed by atoms with van der Waals surface area (Å²) in [5.74, 6) is -1.27. The molecule has 1 rings (SSSR count). The number of Topliss-reactive ketones (excluding diaryl/α,β-unsaturated/α-hetero) is 1. The fourth-order valence-electron chi connectivity index (χ4n) is 1.17. The Morgan fingerprint density at radius 2 is 2.11 bits per heavy atom. The summed E-state index contributed by atoms with van der Waals surface area (Å²) in [6, 6.07) is 3.89. The normalized spacial score (nSPS) is 9.94. The summed E-state index contributed by atoms with van der Waals surface area (Å²) in [4.78, 5) is 22.4. The largest absolute Gasteiger partial charge is 0.485 e. The molecule has 0 spiro atoms. The average molecular weight is 319 g/mol. The van der Waals surface area contributed by atoms with Gasteiger partial charge in [0.05, 0.1) is 11.1 Å². The average Bonchev–Trinajstić information content (AvgIpc) is 2.30. The van der Waals surface area contributed by atoms with Crippen molar-refractivity contribution >= 4 is 27.7 Å². The van der Waals surface area contributed by atoms with Gasteiger partial charge in [0, 0.05) is 6.07 Å². The highest BCUT2D eigenvalue weighted by Crippen LogP contribution is 2.25. The van der Waals surface area contributed by atoms with Crippen LogP contribution in [0, 0.1) is 5.82 Å². The predicted molar refractivity (Wildman–Crippen MR) is 65.9 cm³/mol. The Morgan fingerprint density at radius 1 is 1.39 bits per heavy atom. The zero-order valence-corrected chi connectivity index (χ0v) is 11.3. The molecule has 18 heavy (non-hydrogen) atoms. The third kappa shape index (κ3) is 4.83. The standard InChI is InChI=1S/C12H12BrFO4/c1-2-17-12(16)6-9(15)7-18-11-5-8(14)3-4-10(11)13/h3-5H,2,6-7H2,1H3. The van der Waals surface area contributed by atoms with Crippen LogP contribution in [0.1, 0.15) is 13.3 Å². The van der Waals surface area contributed by atoms with Gasteiger partial charge < -0.3 is 9.47 Å². The van der Waals surface area contributed by atoms with Crippen LogP contribution in [0.5, 0.6) is 5.75 Å². The van der Waals surface area contributed by atoms with Crippen molar-refractivity contribution in [3.63, 3.8) is 0 Å². The van der Waals surface area contributed by atoms with Crippen molar-refractivity contribution < 1.29 is 23.5 Å². The number of rotatable bonds is 6. The predicted octanol–water partition coefficient (Wildman–Crippen LogP) is 2.49. The number of hydrogen-bond acceptors (Lipinski definition) is 4. The van der Waals surface area contributed by atoms with E-state index >= 15 is 0 Å². The monoisotopic (exact) mass is 318 g/mol. The zero-order chi connectivity index (χ0) is 13.5. The van der Waals surface area contributed by atoms with E-state index in [2.05, 4.69) is 20.7 Å². The molecule has 0 aliphatic rings. The molecular formula is C12H12BrFO4. The summed E-state index contributed by atoms with van der Waals surface area (Å²) >= 11 is 3.16. The van der Waals surface area contributed by atoms with Crippen molar-refractivity contribution in [1.82, 2.24) is 0 Å². The highest BCUT2D eigenvalue weighted by atomic mass is 79.9. The minimum Gasteiger partial charge on any atom is -0.485 e. The van der Waals surface area contributed by atoms with E-state index in [1.165, 1.54) is 12.1 Å². The van der Waals surface area contributed by atoms with E-state index in [9.17, 15) is 14.0 Å². The van der Waals surface area contributed by atoms with Crippen molar-refractivity contribution in [1.29, 1.82) is 0 Å². The van der Waals surface area contributed by atoms with Crippen molar-refractivity contribution in [2.75, 3.05) is 13.2 Å². The van der Waals surface area contributed by atoms with E-state index in [4.69, 9.17) is 4.74 Å². The van der Waals surface area contributed by atoms with Crippen LogP contribution in [0.15, 0.2) is 22.7 Å². The van der Waals surface area contributed by atoms with Crippen LogP contribution in [0.25, 0.3) is 0 Å². The molecule has 1 aromatic rings. The lowest BCUT2D eigenvalue weighted by Crippen LogP contribution is -2.17. The van der Waals surface area contributed by atoms with Crippen LogP contribution in [0.4, 0.5) is 4.39 Å². The number of esters is 1. The van der Waals surface area contributed by atoms with E-state index < -0.39 is 17.6 Å². The molecule has 98 valence electrons. The molecule has 0 bridgehead atoms. The van der Waals surface area contributed by atoms with E-state index in [0.29, 0.717) is 4.47 Å². The first-order valence-corrected chi connectivity index (χ1v) is 6.07. The van der Waals surface area contributed by atoms with Crippen molar-refractivity contribution in [3.05, 3.63) is 28.5 Å². The Kier molecular flexibility index (Phi) is 5.77. The molecule has 0 aliphatic carbocycles. The van der Waals surface area contributed by atoms with Gasteiger partial charge in [-0.25, -0.2) is 4.39 Å². The van der Waals surface area contributed by atoms with E-state index in [1.807, 2.05) is 0 Å². The van der Waals surface area contributed by atoms with E-state index in [0.717, 1.165) is 6.07 Å². The number of halogens is 2. The van der Waals surface area contributed by atoms with Gasteiger partial charge in [0.15, 0.2) is 5.78 Å². The van der Waals surface area contributed by atoms with Crippen LogP contribution in [0.3, 0.4) is 0 Å². The van der Waals surface area contributed by atoms with Gasteiger partial charge in [-0.05, 0) is 35.0 Å². The van der Waals surface area contributed by atoms with Crippen molar-refractivity contribution in [2.24, 2.45) is 0 Å². The molecule has 1 aromatic carbocycles. The summed E-state index contributed by atoms with van der Waals surface area (Å²) < 4.78 is 23.2. The molecule has 0 amide bonds. The van der Waals surface area contributed by atoms with Gasteiger partial charge >= 0.3 is 5.97 Å². The maximum atomic E-state index is 12.9. The fraction of sp³-hybridized carbons (Fsp3) is 0.333. The van der Waals surface area contributed by atoms with Crippen LogP contribution in [-0.4, -0.2) is 25.0 Å². The summed E-state index contributed by atoms with van der Waals surface area (Å²) in [6.07, 6.45) is -0.346. The molecule has 0 saturated heterocycles. The molecule has 0 aliphatic heterocycles. The summed E-state index contributed by atoms with van der Waals surface area (Å²) in [5.41, 5.74) is 0. The number of carbonyl (C=O) groups is 2. The topological polar surface area (TPSA) is 52.6 Å². The minimum atomic E-state index is -0.593. The third-order valence-electron chi connectivity index (χ3n) is 1.93. The van der Waals surface area contributed by atoms with E-state index in [-0.39, 0.29) is 25.4 Å². The zero-order valence-electron chi connectivity index (χ0n) is 9.74. The lowest BCUT2D eigenvalue weighted by molar-refractivity contribution is -0.145. The molecule has 0 atom stereocenters. The van der Waals surface area contributed by atoms with Gasteiger partial charge in [0.25, 0.3) is 0 Å². The number of benzene rings is 1. The maximum absolute atomic E-state index is 12.9. The Morgan fingerprint density at radius 3 is 2.78 bits per heavy atom. The van der Waals surface area contributed by atoms with E-state index in [1.54, 1.807) is 6.92 Å². The molecule has 0 unspecified atom stereocenters. The Bertz CT molecular complexity index is 448. The van der Waals surface area contributed by atoms with Gasteiger partial charge in [0.1, 0.15) is 24.6 Å². The van der Waals surface area contributed by atoms with Crippen LogP contribution < -0.4 is 4.74 Å². The summed E-state index contributed by atoms with van der Waals surface area (Å²) in [5, 5.41) is 0. The Hall–Kier alpha value is -1.43. The first kappa shape index (κ1) is 14.6. The second-order valence-electron chi connectivity index (χ2n) is 3.38. The van der Waals surface area contributed by atoms with Crippen LogP contribution in [0.2, 0.25) is 0 Å². The summed E-state index contributed by atoms with van der Waals surface area (Å²) in [7, 11) is 0. The molecular weight excluding hydrogens is 307 g/mol. The SMILES string of the molecule is CCOC(=O)CC(=O)COc1cc(F)ccc1Br. The summed E-state index contributed by atoms with van der Waals surface area (Å²) in [6.45, 7) is 1.58. The fourth-order valence-corrected chi connectivity index (χ4v) is 1.53. The molecule has 0 aromatic heterocycles. The molecule has 0 fully saturated rings. The van der Waals surface area contributed by atoms with Crippen molar-refractivity contribution in [3.8, 4) is 5.75 Å². The third-order valence-corrected chi connectivity index (χ3v) is 2.58. The van der Waals surface area contributed by atoms with Crippen LogP contribution in [-0.2, 0) is 14.3 Å². The molecule has 0 saturated carbocycles. The molecule has 0 radical (unpaired) electrons. The molecule has 0 N–H and O–H groups in total. The van der Waals surface area contributed by atoms with Gasteiger partial charge in [-0.2, -0.15) is 0 Å². The quantitative estimate of drug-likeness (QED) is 0.597. The number of ketones is 1. The minimum absolute atomic E-state index is 0.215. The van der Waals surface area contributed by atoms with Gasteiger partial charge in [-0.15, -0.1) is 0 Å². The van der Waals surface area contributed by atoms with Crippen LogP contribution >= 0.6 is 15.9 Å². The molecule has 0 heterocycles. The lowest BCUT2D eigenvalue weighted by Gasteiger charge is -2.07. The first-order chi connectivity index (χ1) is 8.52. The smallest absolute Gasteiger partial charge is 0.313 e. The van der Waals surface area contributed by atoms with Gasteiger partial charge in [-0.1, -0.05) is 0 Å². The molecule has 6 heteroatoms. The molecule has 4 nitrogen and oxygen atoms in total. The number of carbonyl (C=O) groups excluding carboxylic acids is 2. The number of ether oxygens (including phenoxy) is 2. The van der Waals surface area contributed by atoms with Gasteiger partial charge in [0.2, 0.25) is 0 Å². The number of hydrogen-bond donors (Lipinski definition) is 0. The Balaban J connectivity index is 2.47. The highest BCUT2D eigenvalue weighted by molar-refractivity contribution is 9.10. The highest BCUT2D eigenvalue weighted by Gasteiger charge is 2.12. The second-order valence-corrected chi connectivity index (χ2v) is 4.24. The second kappa shape index (κ2) is 7.10.